The van der Waals surface area contributed by atoms with Gasteiger partial charge in [-0.25, -0.2) is 4.98 Å². The molecule has 0 aliphatic rings. The average Bonchev–Trinajstić information content (AvgIpc) is 4.03. The van der Waals surface area contributed by atoms with E-state index in [-0.39, 0.29) is 0 Å². The fourth-order valence-corrected chi connectivity index (χ4v) is 9.51. The van der Waals surface area contributed by atoms with Crippen LogP contribution in [0, 0.1) is 0 Å². The molecule has 6 heteroatoms. The molecular formula is C57H35N5O. The Morgan fingerprint density at radius 3 is 1.48 bits per heavy atom. The zero-order valence-corrected chi connectivity index (χ0v) is 33.9. The fraction of sp³-hybridized carbons (Fsp3) is 0. The van der Waals surface area contributed by atoms with Gasteiger partial charge in [0.1, 0.15) is 11.1 Å². The molecule has 9 aromatic carbocycles. The van der Waals surface area contributed by atoms with E-state index in [9.17, 15) is 0 Å². The van der Waals surface area contributed by atoms with Gasteiger partial charge in [-0.15, -0.1) is 0 Å². The summed E-state index contributed by atoms with van der Waals surface area (Å²) in [5, 5.41) is 6.70. The van der Waals surface area contributed by atoms with Crippen molar-refractivity contribution in [3.63, 3.8) is 0 Å². The van der Waals surface area contributed by atoms with E-state index in [2.05, 4.69) is 173 Å². The average molecular weight is 806 g/mol. The number of hydrogen-bond donors (Lipinski definition) is 0. The van der Waals surface area contributed by atoms with Gasteiger partial charge in [0.25, 0.3) is 0 Å². The first kappa shape index (κ1) is 35.2. The second kappa shape index (κ2) is 14.0. The van der Waals surface area contributed by atoms with Crippen LogP contribution in [0.3, 0.4) is 0 Å². The predicted molar refractivity (Wildman–Crippen MR) is 258 cm³/mol. The monoisotopic (exact) mass is 805 g/mol. The van der Waals surface area contributed by atoms with Gasteiger partial charge in [-0.1, -0.05) is 170 Å². The number of rotatable bonds is 6. The van der Waals surface area contributed by atoms with Crippen LogP contribution < -0.4 is 0 Å². The molecule has 294 valence electrons. The molecule has 0 spiro atoms. The third-order valence-corrected chi connectivity index (χ3v) is 12.4. The van der Waals surface area contributed by atoms with E-state index < -0.39 is 0 Å². The van der Waals surface area contributed by atoms with Gasteiger partial charge >= 0.3 is 0 Å². The third-order valence-electron chi connectivity index (χ3n) is 12.4. The molecule has 0 bridgehead atoms. The van der Waals surface area contributed by atoms with Crippen molar-refractivity contribution < 1.29 is 4.42 Å². The van der Waals surface area contributed by atoms with Crippen molar-refractivity contribution in [3.05, 3.63) is 212 Å². The number of furan rings is 1. The lowest BCUT2D eigenvalue weighted by atomic mass is 9.96. The van der Waals surface area contributed by atoms with Gasteiger partial charge in [0.05, 0.1) is 16.6 Å². The highest BCUT2D eigenvalue weighted by Crippen LogP contribution is 2.45. The van der Waals surface area contributed by atoms with E-state index in [1.807, 2.05) is 48.5 Å². The Hall–Kier alpha value is -8.61. The van der Waals surface area contributed by atoms with Gasteiger partial charge < -0.3 is 8.98 Å². The van der Waals surface area contributed by atoms with Crippen molar-refractivity contribution in [2.45, 2.75) is 0 Å². The zero-order valence-electron chi connectivity index (χ0n) is 33.9. The Labute approximate surface area is 361 Å². The van der Waals surface area contributed by atoms with Crippen LogP contribution >= 0.6 is 0 Å². The lowest BCUT2D eigenvalue weighted by Crippen LogP contribution is -2.06. The first-order chi connectivity index (χ1) is 31.2. The van der Waals surface area contributed by atoms with Gasteiger partial charge in [-0.3, -0.25) is 4.57 Å². The van der Waals surface area contributed by atoms with Gasteiger partial charge in [-0.2, -0.15) is 9.97 Å². The SMILES string of the molecule is c1ccc(-c2ccc(-c3nc(-c4ccccc4)nc(-n4c5ccccc5c5c(-c6ccc(-n7c8ccccc8c8ccccc87)cc6)cc6c7ccccc7oc6c54)n3)cc2)cc1. The number of nitrogens with zero attached hydrogens (tertiary/aromatic N) is 5. The predicted octanol–water partition coefficient (Wildman–Crippen LogP) is 14.6. The minimum Gasteiger partial charge on any atom is -0.454 e. The summed E-state index contributed by atoms with van der Waals surface area (Å²) in [7, 11) is 0. The molecule has 0 aliphatic carbocycles. The number of aromatic nitrogens is 5. The molecule has 6 nitrogen and oxygen atoms in total. The normalized spacial score (nSPS) is 11.8. The maximum absolute atomic E-state index is 6.89. The number of para-hydroxylation sites is 4. The van der Waals surface area contributed by atoms with Crippen LogP contribution in [-0.4, -0.2) is 24.1 Å². The van der Waals surface area contributed by atoms with Crippen LogP contribution in [0.5, 0.6) is 0 Å². The van der Waals surface area contributed by atoms with E-state index in [1.165, 1.54) is 21.8 Å². The molecule has 0 N–H and O–H groups in total. The Morgan fingerprint density at radius 2 is 0.825 bits per heavy atom. The highest BCUT2D eigenvalue weighted by molar-refractivity contribution is 6.26. The second-order valence-electron chi connectivity index (χ2n) is 16.0. The van der Waals surface area contributed by atoms with Crippen molar-refractivity contribution in [1.82, 2.24) is 24.1 Å². The van der Waals surface area contributed by atoms with E-state index >= 15 is 0 Å². The summed E-state index contributed by atoms with van der Waals surface area (Å²) in [5.74, 6) is 1.69. The molecule has 4 aromatic heterocycles. The Balaban J connectivity index is 1.07. The lowest BCUT2D eigenvalue weighted by Gasteiger charge is -2.12. The van der Waals surface area contributed by atoms with Gasteiger partial charge in [0.15, 0.2) is 17.2 Å². The molecule has 0 fully saturated rings. The summed E-state index contributed by atoms with van der Waals surface area (Å²) in [4.78, 5) is 15.7. The molecule has 0 atom stereocenters. The van der Waals surface area contributed by atoms with E-state index in [0.29, 0.717) is 17.6 Å². The Bertz CT molecular complexity index is 3830. The zero-order chi connectivity index (χ0) is 41.4. The molecular weight excluding hydrogens is 771 g/mol. The summed E-state index contributed by atoms with van der Waals surface area (Å²) in [6, 6.07) is 74.4. The van der Waals surface area contributed by atoms with Crippen molar-refractivity contribution in [1.29, 1.82) is 0 Å². The van der Waals surface area contributed by atoms with Crippen molar-refractivity contribution >= 4 is 65.6 Å². The molecule has 4 heterocycles. The maximum Gasteiger partial charge on any atom is 0.238 e. The first-order valence-electron chi connectivity index (χ1n) is 21.2. The number of fused-ring (bicyclic) bond motifs is 10. The largest absolute Gasteiger partial charge is 0.454 e. The fourth-order valence-electron chi connectivity index (χ4n) is 9.51. The Kier molecular flexibility index (Phi) is 7.80. The van der Waals surface area contributed by atoms with Crippen LogP contribution in [0.25, 0.3) is 122 Å². The Morgan fingerprint density at radius 1 is 0.349 bits per heavy atom. The topological polar surface area (TPSA) is 61.7 Å². The minimum absolute atomic E-state index is 0.512. The molecule has 0 aliphatic heterocycles. The van der Waals surface area contributed by atoms with Crippen LogP contribution in [0.15, 0.2) is 217 Å². The standard InChI is InChI=1S/C57H35N5O/c1-3-15-36(16-4-1)37-27-29-40(30-28-37)56-58-55(39-17-5-2-6-18-39)59-57(60-56)62-50-25-13-9-22-45(50)52-46(35-47-44-21-10-14-26-51(44)63-54(47)53(52)62)38-31-33-41(34-32-38)61-48-23-11-7-19-42(48)43-20-8-12-24-49(43)61/h1-35H. The molecule has 0 radical (unpaired) electrons. The van der Waals surface area contributed by atoms with Crippen molar-refractivity contribution in [3.8, 4) is 56.7 Å². The quantitative estimate of drug-likeness (QED) is 0.168. The van der Waals surface area contributed by atoms with Crippen LogP contribution in [0.4, 0.5) is 0 Å². The van der Waals surface area contributed by atoms with Gasteiger partial charge in [0, 0.05) is 49.1 Å². The van der Waals surface area contributed by atoms with Gasteiger partial charge in [-0.05, 0) is 64.7 Å². The second-order valence-corrected chi connectivity index (χ2v) is 16.0. The number of benzene rings is 9. The maximum atomic E-state index is 6.89. The van der Waals surface area contributed by atoms with E-state index in [0.717, 1.165) is 82.8 Å². The highest BCUT2D eigenvalue weighted by atomic mass is 16.3. The summed E-state index contributed by atoms with van der Waals surface area (Å²) >= 11 is 0. The molecule has 13 aromatic rings. The highest BCUT2D eigenvalue weighted by Gasteiger charge is 2.25. The third kappa shape index (κ3) is 5.55. The van der Waals surface area contributed by atoms with E-state index in [4.69, 9.17) is 19.4 Å². The molecule has 13 rings (SSSR count). The first-order valence-corrected chi connectivity index (χ1v) is 21.2. The smallest absolute Gasteiger partial charge is 0.238 e. The van der Waals surface area contributed by atoms with Crippen molar-refractivity contribution in [2.24, 2.45) is 0 Å². The molecule has 63 heavy (non-hydrogen) atoms. The molecule has 0 saturated carbocycles. The van der Waals surface area contributed by atoms with Crippen LogP contribution in [0.1, 0.15) is 0 Å². The molecule has 0 unspecified atom stereocenters. The summed E-state index contributed by atoms with van der Waals surface area (Å²) < 4.78 is 11.4. The minimum atomic E-state index is 0.512. The molecule has 0 saturated heterocycles. The van der Waals surface area contributed by atoms with Crippen LogP contribution in [0.2, 0.25) is 0 Å². The van der Waals surface area contributed by atoms with E-state index in [1.54, 1.807) is 0 Å². The molecule has 0 amide bonds. The summed E-state index contributed by atoms with van der Waals surface area (Å²) in [6.45, 7) is 0. The summed E-state index contributed by atoms with van der Waals surface area (Å²) in [5.41, 5.74) is 13.2. The van der Waals surface area contributed by atoms with Crippen LogP contribution in [-0.2, 0) is 0 Å². The number of hydrogen-bond acceptors (Lipinski definition) is 4. The van der Waals surface area contributed by atoms with Gasteiger partial charge in [0.2, 0.25) is 5.95 Å². The lowest BCUT2D eigenvalue weighted by molar-refractivity contribution is 0.670. The summed E-state index contributed by atoms with van der Waals surface area (Å²) in [6.07, 6.45) is 0. The van der Waals surface area contributed by atoms with Crippen molar-refractivity contribution in [2.75, 3.05) is 0 Å².